The van der Waals surface area contributed by atoms with Gasteiger partial charge in [-0.2, -0.15) is 16.8 Å². The minimum absolute atomic E-state index is 0.148. The average Bonchev–Trinajstić information content (AvgIpc) is 2.58. The van der Waals surface area contributed by atoms with Crippen LogP contribution in [0.1, 0.15) is 25.8 Å². The van der Waals surface area contributed by atoms with Crippen molar-refractivity contribution in [3.05, 3.63) is 35.9 Å². The minimum atomic E-state index is -4.22. The van der Waals surface area contributed by atoms with Gasteiger partial charge in [-0.3, -0.25) is 13.5 Å². The van der Waals surface area contributed by atoms with Crippen molar-refractivity contribution in [2.75, 3.05) is 24.7 Å². The van der Waals surface area contributed by atoms with Gasteiger partial charge in [0, 0.05) is 12.0 Å². The van der Waals surface area contributed by atoms with Gasteiger partial charge in [-0.1, -0.05) is 44.2 Å². The molecule has 0 aliphatic rings. The molecule has 0 aliphatic heterocycles. The van der Waals surface area contributed by atoms with Crippen molar-refractivity contribution in [3.8, 4) is 0 Å². The van der Waals surface area contributed by atoms with Gasteiger partial charge in [-0.15, -0.1) is 0 Å². The highest BCUT2D eigenvalue weighted by atomic mass is 32.2. The second-order valence-corrected chi connectivity index (χ2v) is 10.7. The predicted octanol–water partition coefficient (Wildman–Crippen LogP) is 0.323. The van der Waals surface area contributed by atoms with E-state index >= 15 is 0 Å². The normalized spacial score (nSPS) is 13.9. The van der Waals surface area contributed by atoms with Crippen molar-refractivity contribution >= 4 is 26.1 Å². The summed E-state index contributed by atoms with van der Waals surface area (Å²) in [6, 6.07) is 8.60. The average molecular weight is 437 g/mol. The van der Waals surface area contributed by atoms with Crippen LogP contribution in [0.4, 0.5) is 0 Å². The van der Waals surface area contributed by atoms with E-state index in [1.54, 1.807) is 13.8 Å². The van der Waals surface area contributed by atoms with Gasteiger partial charge in [-0.05, 0) is 18.4 Å². The number of rotatable bonds is 12. The Morgan fingerprint density at radius 3 is 2.36 bits per heavy atom. The molecule has 1 amide bonds. The smallest absolute Gasteiger partial charge is 0.267 e. The number of nitrogens with one attached hydrogen (secondary N) is 1. The van der Waals surface area contributed by atoms with Crippen LogP contribution in [0, 0.1) is 5.41 Å². The molecule has 0 saturated carbocycles. The van der Waals surface area contributed by atoms with E-state index < -0.39 is 43.2 Å². The first-order chi connectivity index (χ1) is 12.8. The molecule has 1 aromatic rings. The standard InChI is InChI=1S/C17H28N2O7S2/c1-17(2,13-26-28(24,25)10-6-9-27(21,22)23)12-19-16(20)15(18)11-14-7-4-3-5-8-14/h3-5,7-8,15H,6,9-13,18H2,1-2H3,(H,19,20)(H,21,22,23)/t15-/m0/s1. The van der Waals surface area contributed by atoms with Gasteiger partial charge in [0.2, 0.25) is 5.91 Å². The number of hydrogen-bond acceptors (Lipinski definition) is 7. The Morgan fingerprint density at radius 1 is 1.18 bits per heavy atom. The number of benzene rings is 1. The lowest BCUT2D eigenvalue weighted by Gasteiger charge is -2.25. The molecule has 0 aliphatic carbocycles. The SMILES string of the molecule is CC(C)(CNC(=O)[C@@H](N)Cc1ccccc1)COS(=O)(=O)CCCS(=O)(=O)O. The van der Waals surface area contributed by atoms with E-state index in [-0.39, 0.29) is 25.5 Å². The quantitative estimate of drug-likeness (QED) is 0.313. The van der Waals surface area contributed by atoms with Crippen molar-refractivity contribution in [2.24, 2.45) is 11.1 Å². The lowest BCUT2D eigenvalue weighted by atomic mass is 9.95. The van der Waals surface area contributed by atoms with Crippen LogP contribution in [0.2, 0.25) is 0 Å². The number of amides is 1. The summed E-state index contributed by atoms with van der Waals surface area (Å²) in [7, 11) is -8.16. The molecule has 4 N–H and O–H groups in total. The highest BCUT2D eigenvalue weighted by Crippen LogP contribution is 2.16. The molecule has 0 saturated heterocycles. The molecule has 0 radical (unpaired) electrons. The summed E-state index contributed by atoms with van der Waals surface area (Å²) in [5, 5.41) is 2.69. The second-order valence-electron chi connectivity index (χ2n) is 7.34. The molecule has 0 heterocycles. The van der Waals surface area contributed by atoms with Gasteiger partial charge in [0.15, 0.2) is 0 Å². The lowest BCUT2D eigenvalue weighted by Crippen LogP contribution is -2.46. The fraction of sp³-hybridized carbons (Fsp3) is 0.588. The fourth-order valence-corrected chi connectivity index (χ4v) is 4.00. The molecule has 0 spiro atoms. The van der Waals surface area contributed by atoms with Crippen LogP contribution < -0.4 is 11.1 Å². The Hall–Kier alpha value is -1.53. The summed E-state index contributed by atoms with van der Waals surface area (Å²) in [6.45, 7) is 3.37. The Bertz CT molecular complexity index is 838. The fourth-order valence-electron chi connectivity index (χ4n) is 2.20. The van der Waals surface area contributed by atoms with Crippen LogP contribution in [0.5, 0.6) is 0 Å². The maximum Gasteiger partial charge on any atom is 0.267 e. The van der Waals surface area contributed by atoms with Crippen LogP contribution in [-0.2, 0) is 35.6 Å². The molecule has 11 heteroatoms. The lowest BCUT2D eigenvalue weighted by molar-refractivity contribution is -0.122. The van der Waals surface area contributed by atoms with Gasteiger partial charge in [0.05, 0.1) is 24.2 Å². The van der Waals surface area contributed by atoms with Crippen molar-refractivity contribution in [1.82, 2.24) is 5.32 Å². The molecule has 0 fully saturated rings. The maximum atomic E-state index is 12.2. The van der Waals surface area contributed by atoms with E-state index in [4.69, 9.17) is 14.5 Å². The van der Waals surface area contributed by atoms with Crippen LogP contribution in [-0.4, -0.2) is 58.0 Å². The molecular weight excluding hydrogens is 408 g/mol. The summed E-state index contributed by atoms with van der Waals surface area (Å²) in [5.74, 6) is -1.54. The second kappa shape index (κ2) is 10.3. The third-order valence-corrected chi connectivity index (χ3v) is 5.87. The van der Waals surface area contributed by atoms with Crippen LogP contribution in [0.15, 0.2) is 30.3 Å². The number of carbonyl (C=O) groups is 1. The molecule has 1 atom stereocenters. The van der Waals surface area contributed by atoms with Crippen LogP contribution >= 0.6 is 0 Å². The van der Waals surface area contributed by atoms with Gasteiger partial charge < -0.3 is 11.1 Å². The first-order valence-corrected chi connectivity index (χ1v) is 11.9. The molecular formula is C17H28N2O7S2. The molecule has 0 unspecified atom stereocenters. The molecule has 0 aromatic heterocycles. The zero-order valence-corrected chi connectivity index (χ0v) is 17.6. The molecule has 9 nitrogen and oxygen atoms in total. The molecule has 28 heavy (non-hydrogen) atoms. The summed E-state index contributed by atoms with van der Waals surface area (Å²) in [4.78, 5) is 12.2. The minimum Gasteiger partial charge on any atom is -0.354 e. The first-order valence-electron chi connectivity index (χ1n) is 8.69. The third-order valence-electron chi connectivity index (χ3n) is 3.80. The first kappa shape index (κ1) is 24.5. The molecule has 1 rings (SSSR count). The Balaban J connectivity index is 2.42. The van der Waals surface area contributed by atoms with E-state index in [1.807, 2.05) is 30.3 Å². The van der Waals surface area contributed by atoms with Crippen molar-refractivity contribution in [2.45, 2.75) is 32.7 Å². The van der Waals surface area contributed by atoms with Crippen molar-refractivity contribution < 1.29 is 30.4 Å². The van der Waals surface area contributed by atoms with E-state index in [0.29, 0.717) is 6.42 Å². The molecule has 0 bridgehead atoms. The monoisotopic (exact) mass is 436 g/mol. The largest absolute Gasteiger partial charge is 0.354 e. The van der Waals surface area contributed by atoms with Gasteiger partial charge in [0.25, 0.3) is 20.2 Å². The van der Waals surface area contributed by atoms with Gasteiger partial charge in [-0.25, -0.2) is 0 Å². The maximum absolute atomic E-state index is 12.2. The van der Waals surface area contributed by atoms with Crippen molar-refractivity contribution in [3.63, 3.8) is 0 Å². The topological polar surface area (TPSA) is 153 Å². The predicted molar refractivity (Wildman–Crippen MR) is 106 cm³/mol. The summed E-state index contributed by atoms with van der Waals surface area (Å²) in [6.07, 6.45) is 0.110. The van der Waals surface area contributed by atoms with Gasteiger partial charge >= 0.3 is 0 Å². The summed E-state index contributed by atoms with van der Waals surface area (Å²) in [5.41, 5.74) is 6.14. The highest BCUT2D eigenvalue weighted by Gasteiger charge is 2.25. The van der Waals surface area contributed by atoms with Crippen LogP contribution in [0.25, 0.3) is 0 Å². The Morgan fingerprint density at radius 2 is 1.79 bits per heavy atom. The van der Waals surface area contributed by atoms with E-state index in [0.717, 1.165) is 5.56 Å². The number of nitrogens with two attached hydrogens (primary N) is 1. The molecule has 160 valence electrons. The van der Waals surface area contributed by atoms with Gasteiger partial charge in [0.1, 0.15) is 0 Å². The van der Waals surface area contributed by atoms with Crippen molar-refractivity contribution in [1.29, 1.82) is 0 Å². The Kier molecular flexibility index (Phi) is 9.02. The van der Waals surface area contributed by atoms with E-state index in [1.165, 1.54) is 0 Å². The number of carbonyl (C=O) groups excluding carboxylic acids is 1. The van der Waals surface area contributed by atoms with E-state index in [2.05, 4.69) is 5.32 Å². The Labute approximate surface area is 166 Å². The zero-order valence-electron chi connectivity index (χ0n) is 16.0. The van der Waals surface area contributed by atoms with Crippen LogP contribution in [0.3, 0.4) is 0 Å². The third kappa shape index (κ3) is 10.7. The summed E-state index contributed by atoms with van der Waals surface area (Å²) >= 11 is 0. The van der Waals surface area contributed by atoms with E-state index in [9.17, 15) is 21.6 Å². The zero-order chi connectivity index (χ0) is 21.4. The molecule has 1 aromatic carbocycles. The highest BCUT2D eigenvalue weighted by molar-refractivity contribution is 7.87. The number of hydrogen-bond donors (Lipinski definition) is 3. The summed E-state index contributed by atoms with van der Waals surface area (Å²) < 4.78 is 58.4.